The molecule has 0 spiro atoms. The Balaban J connectivity index is 0.00000441. The zero-order valence-corrected chi connectivity index (χ0v) is 14.7. The van der Waals surface area contributed by atoms with Crippen molar-refractivity contribution in [2.45, 2.75) is 25.6 Å². The van der Waals surface area contributed by atoms with E-state index in [9.17, 15) is 9.59 Å². The highest BCUT2D eigenvalue weighted by atomic mass is 35.5. The Morgan fingerprint density at radius 1 is 1.23 bits per heavy atom. The molecule has 0 aliphatic carbocycles. The van der Waals surface area contributed by atoms with Gasteiger partial charge in [-0.25, -0.2) is 0 Å². The fourth-order valence-corrected chi connectivity index (χ4v) is 2.17. The van der Waals surface area contributed by atoms with Crippen LogP contribution in [-0.2, 0) is 15.3 Å². The Kier molecular flexibility index (Phi) is 9.89. The molecule has 7 heteroatoms. The van der Waals surface area contributed by atoms with Gasteiger partial charge in [0, 0.05) is 11.4 Å². The first-order valence-electron chi connectivity index (χ1n) is 6.85. The molecule has 0 unspecified atom stereocenters. The van der Waals surface area contributed by atoms with Crippen LogP contribution in [0, 0.1) is 5.92 Å². The van der Waals surface area contributed by atoms with Crippen molar-refractivity contribution in [1.29, 1.82) is 0 Å². The number of amides is 2. The molecule has 0 radical (unpaired) electrons. The first-order valence-corrected chi connectivity index (χ1v) is 8.24. The van der Waals surface area contributed by atoms with Crippen molar-refractivity contribution in [3.63, 3.8) is 0 Å². The maximum absolute atomic E-state index is 11.7. The summed E-state index contributed by atoms with van der Waals surface area (Å²) in [6.07, 6.45) is 2.04. The third-order valence-corrected chi connectivity index (χ3v) is 3.61. The molecule has 1 aromatic rings. The number of carbonyl (C=O) groups excluding carboxylic acids is 2. The van der Waals surface area contributed by atoms with E-state index >= 15 is 0 Å². The van der Waals surface area contributed by atoms with Gasteiger partial charge in [-0.1, -0.05) is 26.0 Å². The molecule has 1 rings (SSSR count). The summed E-state index contributed by atoms with van der Waals surface area (Å²) >= 11 is 1.74. The summed E-state index contributed by atoms with van der Waals surface area (Å²) in [5, 5.41) is 5.27. The third-order valence-electron chi connectivity index (χ3n) is 2.99. The van der Waals surface area contributed by atoms with Crippen LogP contribution < -0.4 is 16.4 Å². The Morgan fingerprint density at radius 2 is 1.82 bits per heavy atom. The van der Waals surface area contributed by atoms with Gasteiger partial charge < -0.3 is 16.4 Å². The van der Waals surface area contributed by atoms with E-state index in [0.29, 0.717) is 5.69 Å². The molecule has 5 nitrogen and oxygen atoms in total. The molecule has 22 heavy (non-hydrogen) atoms. The first kappa shape index (κ1) is 20.8. The number of carbonyl (C=O) groups is 2. The second-order valence-electron chi connectivity index (χ2n) is 5.17. The number of hydrogen-bond acceptors (Lipinski definition) is 4. The summed E-state index contributed by atoms with van der Waals surface area (Å²) in [4.78, 5) is 23.4. The van der Waals surface area contributed by atoms with Crippen LogP contribution in [0.1, 0.15) is 19.4 Å². The second kappa shape index (κ2) is 10.5. The van der Waals surface area contributed by atoms with Crippen LogP contribution in [0.25, 0.3) is 0 Å². The number of thioether (sulfide) groups is 1. The van der Waals surface area contributed by atoms with Crippen LogP contribution in [0.15, 0.2) is 24.3 Å². The number of benzene rings is 1. The lowest BCUT2D eigenvalue weighted by Crippen LogP contribution is -2.46. The topological polar surface area (TPSA) is 84.2 Å². The van der Waals surface area contributed by atoms with Gasteiger partial charge in [-0.15, -0.1) is 12.4 Å². The quantitative estimate of drug-likeness (QED) is 0.705. The van der Waals surface area contributed by atoms with E-state index < -0.39 is 6.04 Å². The normalized spacial score (nSPS) is 11.5. The Bertz CT molecular complexity index is 480. The van der Waals surface area contributed by atoms with Crippen LogP contribution in [0.5, 0.6) is 0 Å². The van der Waals surface area contributed by atoms with E-state index in [1.807, 2.05) is 44.4 Å². The highest BCUT2D eigenvalue weighted by Crippen LogP contribution is 2.13. The molecule has 0 aliphatic rings. The lowest BCUT2D eigenvalue weighted by Gasteiger charge is -2.15. The van der Waals surface area contributed by atoms with Gasteiger partial charge in [-0.3, -0.25) is 9.59 Å². The molecule has 4 N–H and O–H groups in total. The Hall–Kier alpha value is -1.24. The molecule has 0 heterocycles. The molecular formula is C15H24ClN3O2S. The number of halogens is 1. The summed E-state index contributed by atoms with van der Waals surface area (Å²) in [6.45, 7) is 3.65. The SMILES string of the molecule is CSCc1ccc(NC(=O)CNC(=O)[C@@H](N)C(C)C)cc1.Cl. The smallest absolute Gasteiger partial charge is 0.243 e. The molecule has 0 aliphatic heterocycles. The molecule has 0 saturated carbocycles. The van der Waals surface area contributed by atoms with E-state index in [2.05, 4.69) is 10.6 Å². The zero-order valence-electron chi connectivity index (χ0n) is 13.1. The number of hydrogen-bond donors (Lipinski definition) is 3. The predicted molar refractivity (Wildman–Crippen MR) is 95.4 cm³/mol. The van der Waals surface area contributed by atoms with Gasteiger partial charge in [0.25, 0.3) is 0 Å². The minimum Gasteiger partial charge on any atom is -0.346 e. The molecule has 0 saturated heterocycles. The van der Waals surface area contributed by atoms with E-state index in [1.165, 1.54) is 5.56 Å². The average molecular weight is 346 g/mol. The van der Waals surface area contributed by atoms with E-state index in [-0.39, 0.29) is 36.7 Å². The number of anilines is 1. The summed E-state index contributed by atoms with van der Waals surface area (Å²) in [5.41, 5.74) is 7.62. The van der Waals surface area contributed by atoms with Gasteiger partial charge in [0.1, 0.15) is 0 Å². The summed E-state index contributed by atoms with van der Waals surface area (Å²) in [6, 6.07) is 7.05. The first-order chi connectivity index (χ1) is 9.93. The van der Waals surface area contributed by atoms with Gasteiger partial charge in [0.15, 0.2) is 0 Å². The van der Waals surface area contributed by atoms with Gasteiger partial charge in [0.05, 0.1) is 12.6 Å². The summed E-state index contributed by atoms with van der Waals surface area (Å²) < 4.78 is 0. The maximum atomic E-state index is 11.7. The van der Waals surface area contributed by atoms with Crippen LogP contribution in [0.4, 0.5) is 5.69 Å². The van der Waals surface area contributed by atoms with Crippen molar-refractivity contribution >= 4 is 41.7 Å². The van der Waals surface area contributed by atoms with E-state index in [0.717, 1.165) is 5.75 Å². The average Bonchev–Trinajstić information content (AvgIpc) is 2.46. The summed E-state index contributed by atoms with van der Waals surface area (Å²) in [5.74, 6) is 0.404. The second-order valence-corrected chi connectivity index (χ2v) is 6.03. The van der Waals surface area contributed by atoms with Crippen LogP contribution in [0.3, 0.4) is 0 Å². The van der Waals surface area contributed by atoms with Gasteiger partial charge in [-0.2, -0.15) is 11.8 Å². The Labute approximate surface area is 142 Å². The van der Waals surface area contributed by atoms with Crippen molar-refractivity contribution in [1.82, 2.24) is 5.32 Å². The van der Waals surface area contributed by atoms with Crippen molar-refractivity contribution < 1.29 is 9.59 Å². The molecule has 0 aromatic heterocycles. The lowest BCUT2D eigenvalue weighted by molar-refractivity contribution is -0.125. The Morgan fingerprint density at radius 3 is 2.32 bits per heavy atom. The standard InChI is InChI=1S/C15H23N3O2S.ClH/c1-10(2)14(16)15(20)17-8-13(19)18-12-6-4-11(5-7-12)9-21-3;/h4-7,10,14H,8-9,16H2,1-3H3,(H,17,20)(H,18,19);1H/t14-;/m0./s1. The zero-order chi connectivity index (χ0) is 15.8. The minimum absolute atomic E-state index is 0. The highest BCUT2D eigenvalue weighted by Gasteiger charge is 2.17. The van der Waals surface area contributed by atoms with Crippen LogP contribution >= 0.6 is 24.2 Å². The number of rotatable bonds is 7. The third kappa shape index (κ3) is 7.15. The van der Waals surface area contributed by atoms with Crippen molar-refractivity contribution in [3.8, 4) is 0 Å². The summed E-state index contributed by atoms with van der Waals surface area (Å²) in [7, 11) is 0. The van der Waals surface area contributed by atoms with Gasteiger partial charge in [-0.05, 0) is 29.9 Å². The van der Waals surface area contributed by atoms with Crippen molar-refractivity contribution in [3.05, 3.63) is 29.8 Å². The highest BCUT2D eigenvalue weighted by molar-refractivity contribution is 7.97. The molecule has 124 valence electrons. The van der Waals surface area contributed by atoms with Crippen LogP contribution in [0.2, 0.25) is 0 Å². The lowest BCUT2D eigenvalue weighted by atomic mass is 10.1. The molecule has 0 fully saturated rings. The van der Waals surface area contributed by atoms with Gasteiger partial charge in [0.2, 0.25) is 11.8 Å². The predicted octanol–water partition coefficient (Wildman–Crippen LogP) is 2.01. The van der Waals surface area contributed by atoms with E-state index in [4.69, 9.17) is 5.73 Å². The van der Waals surface area contributed by atoms with E-state index in [1.54, 1.807) is 11.8 Å². The number of nitrogens with one attached hydrogen (secondary N) is 2. The minimum atomic E-state index is -0.594. The van der Waals surface area contributed by atoms with Crippen LogP contribution in [-0.4, -0.2) is 30.7 Å². The molecule has 1 aromatic carbocycles. The largest absolute Gasteiger partial charge is 0.346 e. The molecule has 0 bridgehead atoms. The monoisotopic (exact) mass is 345 g/mol. The fraction of sp³-hybridized carbons (Fsp3) is 0.467. The molecule has 1 atom stereocenters. The molecule has 2 amide bonds. The maximum Gasteiger partial charge on any atom is 0.243 e. The van der Waals surface area contributed by atoms with Gasteiger partial charge >= 0.3 is 0 Å². The number of nitrogens with two attached hydrogens (primary N) is 1. The fourth-order valence-electron chi connectivity index (χ4n) is 1.64. The molecular weight excluding hydrogens is 322 g/mol. The van der Waals surface area contributed by atoms with Crippen molar-refractivity contribution in [2.75, 3.05) is 18.1 Å². The van der Waals surface area contributed by atoms with Crippen molar-refractivity contribution in [2.24, 2.45) is 11.7 Å².